The SMILES string of the molecule is CCc1cc(CNCCCBr)n(CC)n1. The number of halogens is 1. The van der Waals surface area contributed by atoms with Crippen molar-refractivity contribution in [3.8, 4) is 0 Å². The maximum atomic E-state index is 4.51. The van der Waals surface area contributed by atoms with Gasteiger partial charge in [-0.15, -0.1) is 0 Å². The van der Waals surface area contributed by atoms with E-state index in [4.69, 9.17) is 0 Å². The molecule has 1 heterocycles. The van der Waals surface area contributed by atoms with Gasteiger partial charge in [0.1, 0.15) is 0 Å². The number of alkyl halides is 1. The van der Waals surface area contributed by atoms with Crippen molar-refractivity contribution in [3.63, 3.8) is 0 Å². The summed E-state index contributed by atoms with van der Waals surface area (Å²) in [5.41, 5.74) is 2.48. The summed E-state index contributed by atoms with van der Waals surface area (Å²) < 4.78 is 2.08. The van der Waals surface area contributed by atoms with Gasteiger partial charge in [0.15, 0.2) is 0 Å². The molecule has 0 bridgehead atoms. The fourth-order valence-electron chi connectivity index (χ4n) is 1.51. The molecule has 0 aliphatic carbocycles. The molecule has 15 heavy (non-hydrogen) atoms. The molecule has 0 aliphatic heterocycles. The molecule has 0 aliphatic rings. The molecule has 0 saturated carbocycles. The minimum atomic E-state index is 0.924. The Kier molecular flexibility index (Phi) is 5.95. The highest BCUT2D eigenvalue weighted by Gasteiger charge is 2.04. The summed E-state index contributed by atoms with van der Waals surface area (Å²) in [6.07, 6.45) is 2.18. The van der Waals surface area contributed by atoms with Crippen molar-refractivity contribution in [3.05, 3.63) is 17.5 Å². The topological polar surface area (TPSA) is 29.9 Å². The van der Waals surface area contributed by atoms with Crippen molar-refractivity contribution in [2.24, 2.45) is 0 Å². The van der Waals surface area contributed by atoms with Gasteiger partial charge in [0, 0.05) is 18.4 Å². The molecule has 4 heteroatoms. The second-order valence-electron chi connectivity index (χ2n) is 3.52. The van der Waals surface area contributed by atoms with E-state index in [0.717, 1.165) is 31.4 Å². The standard InChI is InChI=1S/C11H20BrN3/c1-3-10-8-11(15(4-2)14-10)9-13-7-5-6-12/h8,13H,3-7,9H2,1-2H3. The van der Waals surface area contributed by atoms with E-state index in [9.17, 15) is 0 Å². The lowest BCUT2D eigenvalue weighted by molar-refractivity contribution is 0.577. The highest BCUT2D eigenvalue weighted by atomic mass is 79.9. The first kappa shape index (κ1) is 12.7. The van der Waals surface area contributed by atoms with E-state index in [2.05, 4.69) is 50.9 Å². The summed E-state index contributed by atoms with van der Waals surface area (Å²) >= 11 is 3.42. The first-order valence-corrected chi connectivity index (χ1v) is 6.76. The first-order valence-electron chi connectivity index (χ1n) is 5.64. The molecule has 3 nitrogen and oxygen atoms in total. The summed E-state index contributed by atoms with van der Waals surface area (Å²) in [7, 11) is 0. The van der Waals surface area contributed by atoms with Gasteiger partial charge in [-0.3, -0.25) is 4.68 Å². The lowest BCUT2D eigenvalue weighted by Gasteiger charge is -2.05. The average molecular weight is 274 g/mol. The third-order valence-corrected chi connectivity index (χ3v) is 2.93. The maximum Gasteiger partial charge on any atom is 0.0625 e. The molecule has 0 unspecified atom stereocenters. The van der Waals surface area contributed by atoms with Gasteiger partial charge < -0.3 is 5.32 Å². The van der Waals surface area contributed by atoms with Crippen LogP contribution in [0, 0.1) is 0 Å². The van der Waals surface area contributed by atoms with E-state index in [1.165, 1.54) is 17.8 Å². The fourth-order valence-corrected chi connectivity index (χ4v) is 1.79. The minimum Gasteiger partial charge on any atom is -0.311 e. The minimum absolute atomic E-state index is 0.924. The molecular formula is C11H20BrN3. The number of aromatic nitrogens is 2. The number of nitrogens with one attached hydrogen (secondary N) is 1. The van der Waals surface area contributed by atoms with E-state index in [-0.39, 0.29) is 0 Å². The third kappa shape index (κ3) is 3.95. The molecule has 0 aromatic carbocycles. The van der Waals surface area contributed by atoms with Crippen molar-refractivity contribution in [1.82, 2.24) is 15.1 Å². The average Bonchev–Trinajstić information content (AvgIpc) is 2.67. The van der Waals surface area contributed by atoms with Crippen LogP contribution in [0.3, 0.4) is 0 Å². The summed E-state index contributed by atoms with van der Waals surface area (Å²) in [5.74, 6) is 0. The second-order valence-corrected chi connectivity index (χ2v) is 4.31. The van der Waals surface area contributed by atoms with Crippen LogP contribution >= 0.6 is 15.9 Å². The summed E-state index contributed by atoms with van der Waals surface area (Å²) in [6, 6.07) is 2.20. The lowest BCUT2D eigenvalue weighted by atomic mass is 10.3. The van der Waals surface area contributed by atoms with Crippen LogP contribution in [0.15, 0.2) is 6.07 Å². The Hall–Kier alpha value is -0.350. The number of aryl methyl sites for hydroxylation is 2. The lowest BCUT2D eigenvalue weighted by Crippen LogP contribution is -2.17. The molecule has 1 rings (SSSR count). The number of nitrogens with zero attached hydrogens (tertiary/aromatic N) is 2. The van der Waals surface area contributed by atoms with Crippen molar-refractivity contribution in [1.29, 1.82) is 0 Å². The third-order valence-electron chi connectivity index (χ3n) is 2.37. The summed E-state index contributed by atoms with van der Waals surface area (Å²) in [6.45, 7) is 7.21. The van der Waals surface area contributed by atoms with Crippen LogP contribution < -0.4 is 5.32 Å². The molecule has 1 aromatic rings. The van der Waals surface area contributed by atoms with E-state index < -0.39 is 0 Å². The molecular weight excluding hydrogens is 254 g/mol. The Bertz CT molecular complexity index is 283. The number of hydrogen-bond acceptors (Lipinski definition) is 2. The van der Waals surface area contributed by atoms with Crippen molar-refractivity contribution in [2.45, 2.75) is 39.8 Å². The van der Waals surface area contributed by atoms with Crippen LogP contribution in [-0.2, 0) is 19.5 Å². The zero-order valence-electron chi connectivity index (χ0n) is 9.59. The smallest absolute Gasteiger partial charge is 0.0625 e. The van der Waals surface area contributed by atoms with E-state index in [1.807, 2.05) is 0 Å². The van der Waals surface area contributed by atoms with Crippen LogP contribution in [0.4, 0.5) is 0 Å². The second kappa shape index (κ2) is 7.01. The van der Waals surface area contributed by atoms with Crippen LogP contribution in [0.2, 0.25) is 0 Å². The first-order chi connectivity index (χ1) is 7.31. The maximum absolute atomic E-state index is 4.51. The van der Waals surface area contributed by atoms with Crippen LogP contribution in [-0.4, -0.2) is 21.7 Å². The van der Waals surface area contributed by atoms with Gasteiger partial charge in [0.25, 0.3) is 0 Å². The molecule has 0 fully saturated rings. The largest absolute Gasteiger partial charge is 0.311 e. The summed E-state index contributed by atoms with van der Waals surface area (Å²) in [4.78, 5) is 0. The van der Waals surface area contributed by atoms with Gasteiger partial charge in [0.05, 0.1) is 11.4 Å². The molecule has 1 N–H and O–H groups in total. The highest BCUT2D eigenvalue weighted by Crippen LogP contribution is 2.05. The monoisotopic (exact) mass is 273 g/mol. The van der Waals surface area contributed by atoms with Gasteiger partial charge in [-0.25, -0.2) is 0 Å². The quantitative estimate of drug-likeness (QED) is 0.611. The van der Waals surface area contributed by atoms with Crippen LogP contribution in [0.1, 0.15) is 31.7 Å². The number of hydrogen-bond donors (Lipinski definition) is 1. The Morgan fingerprint density at radius 2 is 2.27 bits per heavy atom. The van der Waals surface area contributed by atoms with Gasteiger partial charge in [0.2, 0.25) is 0 Å². The van der Waals surface area contributed by atoms with Gasteiger partial charge >= 0.3 is 0 Å². The van der Waals surface area contributed by atoms with E-state index >= 15 is 0 Å². The molecule has 0 radical (unpaired) electrons. The highest BCUT2D eigenvalue weighted by molar-refractivity contribution is 9.09. The molecule has 0 spiro atoms. The zero-order valence-corrected chi connectivity index (χ0v) is 11.2. The Morgan fingerprint density at radius 1 is 1.47 bits per heavy atom. The van der Waals surface area contributed by atoms with Gasteiger partial charge in [-0.1, -0.05) is 22.9 Å². The summed E-state index contributed by atoms with van der Waals surface area (Å²) in [5, 5.41) is 9.00. The van der Waals surface area contributed by atoms with Gasteiger partial charge in [-0.05, 0) is 32.4 Å². The van der Waals surface area contributed by atoms with E-state index in [0.29, 0.717) is 0 Å². The zero-order chi connectivity index (χ0) is 11.1. The van der Waals surface area contributed by atoms with Gasteiger partial charge in [-0.2, -0.15) is 5.10 Å². The van der Waals surface area contributed by atoms with Crippen LogP contribution in [0.5, 0.6) is 0 Å². The Balaban J connectivity index is 2.47. The Morgan fingerprint density at radius 3 is 2.87 bits per heavy atom. The molecule has 0 saturated heterocycles. The molecule has 0 atom stereocenters. The predicted molar refractivity (Wildman–Crippen MR) is 67.4 cm³/mol. The fraction of sp³-hybridized carbons (Fsp3) is 0.727. The Labute approximate surface area is 100 Å². The van der Waals surface area contributed by atoms with Crippen LogP contribution in [0.25, 0.3) is 0 Å². The number of rotatable bonds is 7. The van der Waals surface area contributed by atoms with Crippen molar-refractivity contribution in [2.75, 3.05) is 11.9 Å². The normalized spacial score (nSPS) is 10.9. The van der Waals surface area contributed by atoms with Crippen molar-refractivity contribution < 1.29 is 0 Å². The molecule has 0 amide bonds. The molecule has 1 aromatic heterocycles. The predicted octanol–water partition coefficient (Wildman–Crippen LogP) is 2.34. The van der Waals surface area contributed by atoms with Crippen molar-refractivity contribution >= 4 is 15.9 Å². The van der Waals surface area contributed by atoms with E-state index in [1.54, 1.807) is 0 Å². The molecule has 86 valence electrons.